The number of nitrogens with one attached hydrogen (secondary N) is 1. The summed E-state index contributed by atoms with van der Waals surface area (Å²) in [6.07, 6.45) is 5.58. The van der Waals surface area contributed by atoms with Gasteiger partial charge in [-0.15, -0.1) is 0 Å². The topological polar surface area (TPSA) is 73.5 Å². The summed E-state index contributed by atoms with van der Waals surface area (Å²) in [5.41, 5.74) is 8.99. The van der Waals surface area contributed by atoms with Crippen LogP contribution in [0, 0.1) is 0 Å². The van der Waals surface area contributed by atoms with Crippen LogP contribution in [0.15, 0.2) is 54.6 Å². The van der Waals surface area contributed by atoms with E-state index in [1.54, 1.807) is 0 Å². The maximum atomic E-state index is 6.84. The van der Waals surface area contributed by atoms with Crippen molar-refractivity contribution < 1.29 is 0 Å². The van der Waals surface area contributed by atoms with Crippen molar-refractivity contribution in [3.8, 4) is 0 Å². The SMILES string of the molecule is CN(C)CCCNc1nc(CN2CCN(C3CCC(N)(c4ccccc4)CC3)CC2)nc2ccccc12. The smallest absolute Gasteiger partial charge is 0.145 e. The molecule has 2 heterocycles. The molecule has 0 bridgehead atoms. The van der Waals surface area contributed by atoms with Crippen LogP contribution in [0.25, 0.3) is 10.9 Å². The van der Waals surface area contributed by atoms with E-state index in [1.807, 2.05) is 0 Å². The number of rotatable bonds is 9. The van der Waals surface area contributed by atoms with Gasteiger partial charge in [0.1, 0.15) is 11.6 Å². The quantitative estimate of drug-likeness (QED) is 0.431. The van der Waals surface area contributed by atoms with E-state index in [4.69, 9.17) is 15.7 Å². The molecule has 2 aliphatic rings. The largest absolute Gasteiger partial charge is 0.369 e. The molecule has 2 fully saturated rings. The molecule has 0 unspecified atom stereocenters. The number of aromatic nitrogens is 2. The van der Waals surface area contributed by atoms with Crippen LogP contribution < -0.4 is 11.1 Å². The Bertz CT molecular complexity index is 1130. The van der Waals surface area contributed by atoms with E-state index in [9.17, 15) is 0 Å². The van der Waals surface area contributed by atoms with Gasteiger partial charge in [-0.25, -0.2) is 9.97 Å². The second-order valence-electron chi connectivity index (χ2n) is 11.2. The fourth-order valence-corrected chi connectivity index (χ4v) is 5.96. The van der Waals surface area contributed by atoms with Crippen molar-refractivity contribution in [1.82, 2.24) is 24.7 Å². The molecule has 0 spiro atoms. The minimum absolute atomic E-state index is 0.161. The van der Waals surface area contributed by atoms with Gasteiger partial charge in [0.15, 0.2) is 0 Å². The first-order chi connectivity index (χ1) is 18.0. The summed E-state index contributed by atoms with van der Waals surface area (Å²) in [7, 11) is 4.23. The molecule has 1 aliphatic heterocycles. The highest BCUT2D eigenvalue weighted by Crippen LogP contribution is 2.36. The third kappa shape index (κ3) is 6.47. The number of hydrogen-bond donors (Lipinski definition) is 2. The molecule has 5 rings (SSSR count). The molecule has 1 aromatic heterocycles. The molecular formula is C30H43N7. The van der Waals surface area contributed by atoms with Crippen LogP contribution in [0.5, 0.6) is 0 Å². The molecular weight excluding hydrogens is 458 g/mol. The average molecular weight is 502 g/mol. The normalized spacial score (nSPS) is 23.5. The predicted molar refractivity (Wildman–Crippen MR) is 153 cm³/mol. The van der Waals surface area contributed by atoms with E-state index in [-0.39, 0.29) is 5.54 Å². The lowest BCUT2D eigenvalue weighted by Gasteiger charge is -2.44. The van der Waals surface area contributed by atoms with Crippen LogP contribution in [-0.2, 0) is 12.1 Å². The van der Waals surface area contributed by atoms with Crippen molar-refractivity contribution in [2.24, 2.45) is 5.73 Å². The average Bonchev–Trinajstić information content (AvgIpc) is 2.92. The maximum Gasteiger partial charge on any atom is 0.145 e. The molecule has 2 aromatic carbocycles. The highest BCUT2D eigenvalue weighted by Gasteiger charge is 2.36. The first kappa shape index (κ1) is 26.0. The monoisotopic (exact) mass is 501 g/mol. The number of hydrogen-bond acceptors (Lipinski definition) is 7. The zero-order chi connectivity index (χ0) is 25.7. The number of para-hydroxylation sites is 1. The number of piperazine rings is 1. The molecule has 1 aliphatic carbocycles. The summed E-state index contributed by atoms with van der Waals surface area (Å²) >= 11 is 0. The van der Waals surface area contributed by atoms with Crippen molar-refractivity contribution in [2.75, 3.05) is 58.7 Å². The summed E-state index contributed by atoms with van der Waals surface area (Å²) in [4.78, 5) is 17.3. The van der Waals surface area contributed by atoms with Gasteiger partial charge in [-0.05, 0) is 70.4 Å². The summed E-state index contributed by atoms with van der Waals surface area (Å²) in [6, 6.07) is 19.7. The molecule has 198 valence electrons. The summed E-state index contributed by atoms with van der Waals surface area (Å²) in [5, 5.41) is 4.68. The van der Waals surface area contributed by atoms with Crippen LogP contribution >= 0.6 is 0 Å². The molecule has 0 radical (unpaired) electrons. The van der Waals surface area contributed by atoms with Crippen LogP contribution in [-0.4, -0.2) is 84.1 Å². The Labute approximate surface area is 222 Å². The fourth-order valence-electron chi connectivity index (χ4n) is 5.96. The van der Waals surface area contributed by atoms with Gasteiger partial charge in [0.05, 0.1) is 12.1 Å². The zero-order valence-corrected chi connectivity index (χ0v) is 22.6. The first-order valence-electron chi connectivity index (χ1n) is 14.0. The number of anilines is 1. The summed E-state index contributed by atoms with van der Waals surface area (Å²) in [5.74, 6) is 1.87. The molecule has 0 atom stereocenters. The molecule has 7 heteroatoms. The van der Waals surface area contributed by atoms with Crippen LogP contribution in [0.3, 0.4) is 0 Å². The minimum Gasteiger partial charge on any atom is -0.369 e. The van der Waals surface area contributed by atoms with Crippen molar-refractivity contribution >= 4 is 16.7 Å². The molecule has 3 N–H and O–H groups in total. The van der Waals surface area contributed by atoms with Gasteiger partial charge in [-0.1, -0.05) is 42.5 Å². The molecule has 1 saturated carbocycles. The first-order valence-corrected chi connectivity index (χ1v) is 14.0. The van der Waals surface area contributed by atoms with Crippen molar-refractivity contribution in [1.29, 1.82) is 0 Å². The van der Waals surface area contributed by atoms with Gasteiger partial charge in [0, 0.05) is 49.7 Å². The lowest BCUT2D eigenvalue weighted by atomic mass is 9.75. The third-order valence-corrected chi connectivity index (χ3v) is 8.21. The third-order valence-electron chi connectivity index (χ3n) is 8.21. The Morgan fingerprint density at radius 1 is 0.946 bits per heavy atom. The Morgan fingerprint density at radius 2 is 1.65 bits per heavy atom. The number of nitrogens with zero attached hydrogens (tertiary/aromatic N) is 5. The van der Waals surface area contributed by atoms with E-state index in [1.165, 1.54) is 18.4 Å². The number of fused-ring (bicyclic) bond motifs is 1. The lowest BCUT2D eigenvalue weighted by Crippen LogP contribution is -2.53. The van der Waals surface area contributed by atoms with E-state index in [0.29, 0.717) is 6.04 Å². The lowest BCUT2D eigenvalue weighted by molar-refractivity contribution is 0.0617. The van der Waals surface area contributed by atoms with Gasteiger partial charge >= 0.3 is 0 Å². The number of benzene rings is 2. The Morgan fingerprint density at radius 3 is 2.38 bits per heavy atom. The van der Waals surface area contributed by atoms with Gasteiger partial charge in [0.25, 0.3) is 0 Å². The Kier molecular flexibility index (Phi) is 8.35. The highest BCUT2D eigenvalue weighted by molar-refractivity contribution is 5.88. The Balaban J connectivity index is 1.15. The zero-order valence-electron chi connectivity index (χ0n) is 22.6. The van der Waals surface area contributed by atoms with Crippen molar-refractivity contribution in [3.05, 3.63) is 66.0 Å². The van der Waals surface area contributed by atoms with E-state index in [2.05, 4.69) is 88.7 Å². The van der Waals surface area contributed by atoms with Gasteiger partial charge in [-0.3, -0.25) is 9.80 Å². The van der Waals surface area contributed by atoms with Gasteiger partial charge in [0.2, 0.25) is 0 Å². The molecule has 0 amide bonds. The van der Waals surface area contributed by atoms with Gasteiger partial charge in [-0.2, -0.15) is 0 Å². The molecule has 3 aromatic rings. The highest BCUT2D eigenvalue weighted by atomic mass is 15.3. The molecule has 1 saturated heterocycles. The summed E-state index contributed by atoms with van der Waals surface area (Å²) in [6.45, 7) is 7.11. The van der Waals surface area contributed by atoms with Crippen molar-refractivity contribution in [3.63, 3.8) is 0 Å². The van der Waals surface area contributed by atoms with E-state index >= 15 is 0 Å². The van der Waals surface area contributed by atoms with Crippen molar-refractivity contribution in [2.45, 2.75) is 50.2 Å². The predicted octanol–water partition coefficient (Wildman–Crippen LogP) is 3.91. The van der Waals surface area contributed by atoms with E-state index < -0.39 is 0 Å². The number of nitrogens with two attached hydrogens (primary N) is 1. The van der Waals surface area contributed by atoms with Gasteiger partial charge < -0.3 is 16.0 Å². The molecule has 37 heavy (non-hydrogen) atoms. The second-order valence-corrected chi connectivity index (χ2v) is 11.2. The Hall–Kier alpha value is -2.58. The fraction of sp³-hybridized carbons (Fsp3) is 0.533. The second kappa shape index (κ2) is 11.9. The minimum atomic E-state index is -0.161. The standard InChI is InChI=1S/C30H43N7/c1-35(2)18-8-17-32-29-26-11-6-7-12-27(26)33-28(34-29)23-36-19-21-37(22-20-36)25-13-15-30(31,16-14-25)24-9-4-3-5-10-24/h3-7,9-12,25H,8,13-23,31H2,1-2H3,(H,32,33,34). The molecule has 7 nitrogen and oxygen atoms in total. The van der Waals surface area contributed by atoms with Crippen LogP contribution in [0.4, 0.5) is 5.82 Å². The maximum absolute atomic E-state index is 6.84. The van der Waals surface area contributed by atoms with Crippen LogP contribution in [0.1, 0.15) is 43.5 Å². The van der Waals surface area contributed by atoms with E-state index in [0.717, 1.165) is 87.6 Å². The van der Waals surface area contributed by atoms with Crippen LogP contribution in [0.2, 0.25) is 0 Å². The summed E-state index contributed by atoms with van der Waals surface area (Å²) < 4.78 is 0.